The number of nitrogens with zero attached hydrogens (tertiary/aromatic N) is 1. The standard InChI is InChI=1S/C15H19NO2Si/c1-19(2,3)18-15-7-5-4-6-14(15)11-16-10-13-8-9-17-12-13/h4-10,12H,11H2,1-3H3. The zero-order valence-corrected chi connectivity index (χ0v) is 12.6. The van der Waals surface area contributed by atoms with Crippen molar-refractivity contribution in [3.05, 3.63) is 54.0 Å². The van der Waals surface area contributed by atoms with Crippen molar-refractivity contribution in [1.82, 2.24) is 0 Å². The van der Waals surface area contributed by atoms with Gasteiger partial charge in [0.05, 0.1) is 19.1 Å². The lowest BCUT2D eigenvalue weighted by molar-refractivity contribution is 0.549. The Balaban J connectivity index is 2.08. The lowest BCUT2D eigenvalue weighted by Gasteiger charge is -2.21. The first-order valence-electron chi connectivity index (χ1n) is 6.33. The van der Waals surface area contributed by atoms with E-state index in [1.807, 2.05) is 30.5 Å². The van der Waals surface area contributed by atoms with E-state index in [-0.39, 0.29) is 0 Å². The van der Waals surface area contributed by atoms with Crippen LogP contribution in [-0.2, 0) is 6.54 Å². The minimum Gasteiger partial charge on any atom is -0.544 e. The fraction of sp³-hybridized carbons (Fsp3) is 0.267. The zero-order chi connectivity index (χ0) is 13.7. The van der Waals surface area contributed by atoms with E-state index in [2.05, 4.69) is 30.7 Å². The number of hydrogen-bond acceptors (Lipinski definition) is 3. The highest BCUT2D eigenvalue weighted by molar-refractivity contribution is 6.70. The van der Waals surface area contributed by atoms with E-state index in [0.29, 0.717) is 6.54 Å². The Hall–Kier alpha value is -1.81. The lowest BCUT2D eigenvalue weighted by Crippen LogP contribution is -2.29. The minimum absolute atomic E-state index is 0.617. The molecule has 100 valence electrons. The molecule has 0 bridgehead atoms. The Bertz CT molecular complexity index is 542. The predicted molar refractivity (Wildman–Crippen MR) is 80.4 cm³/mol. The van der Waals surface area contributed by atoms with Gasteiger partial charge in [0.25, 0.3) is 0 Å². The summed E-state index contributed by atoms with van der Waals surface area (Å²) in [5.74, 6) is 0.950. The van der Waals surface area contributed by atoms with Crippen molar-refractivity contribution in [3.8, 4) is 5.75 Å². The molecule has 3 nitrogen and oxygen atoms in total. The van der Waals surface area contributed by atoms with Crippen LogP contribution in [0.1, 0.15) is 11.1 Å². The number of hydrogen-bond donors (Lipinski definition) is 0. The molecule has 0 aliphatic heterocycles. The van der Waals surface area contributed by atoms with Gasteiger partial charge in [0, 0.05) is 17.3 Å². The van der Waals surface area contributed by atoms with Gasteiger partial charge in [-0.15, -0.1) is 0 Å². The minimum atomic E-state index is -1.59. The van der Waals surface area contributed by atoms with Crippen molar-refractivity contribution in [2.45, 2.75) is 26.2 Å². The quantitative estimate of drug-likeness (QED) is 0.607. The van der Waals surface area contributed by atoms with Crippen LogP contribution in [0.2, 0.25) is 19.6 Å². The first-order chi connectivity index (χ1) is 9.04. The molecule has 0 spiro atoms. The van der Waals surface area contributed by atoms with Crippen LogP contribution in [-0.4, -0.2) is 14.5 Å². The van der Waals surface area contributed by atoms with E-state index in [1.54, 1.807) is 12.5 Å². The average Bonchev–Trinajstić information content (AvgIpc) is 2.82. The lowest BCUT2D eigenvalue weighted by atomic mass is 10.2. The Morgan fingerprint density at radius 1 is 1.21 bits per heavy atom. The fourth-order valence-corrected chi connectivity index (χ4v) is 2.52. The molecule has 19 heavy (non-hydrogen) atoms. The molecule has 0 saturated carbocycles. The van der Waals surface area contributed by atoms with E-state index in [4.69, 9.17) is 8.84 Å². The largest absolute Gasteiger partial charge is 0.544 e. The summed E-state index contributed by atoms with van der Waals surface area (Å²) < 4.78 is 11.1. The van der Waals surface area contributed by atoms with Crippen LogP contribution in [0.25, 0.3) is 0 Å². The van der Waals surface area contributed by atoms with Gasteiger partial charge in [0.2, 0.25) is 8.32 Å². The summed E-state index contributed by atoms with van der Waals surface area (Å²) in [7, 11) is -1.59. The highest BCUT2D eigenvalue weighted by Crippen LogP contribution is 2.22. The second kappa shape index (κ2) is 5.89. The van der Waals surface area contributed by atoms with Crippen molar-refractivity contribution in [3.63, 3.8) is 0 Å². The second-order valence-corrected chi connectivity index (χ2v) is 9.78. The summed E-state index contributed by atoms with van der Waals surface area (Å²) in [6.45, 7) is 7.15. The molecule has 0 N–H and O–H groups in total. The van der Waals surface area contributed by atoms with Gasteiger partial charge in [-0.25, -0.2) is 0 Å². The maximum absolute atomic E-state index is 6.07. The summed E-state index contributed by atoms with van der Waals surface area (Å²) in [6, 6.07) is 9.97. The molecule has 1 aromatic carbocycles. The Labute approximate surface area is 115 Å². The molecule has 1 aromatic heterocycles. The maximum Gasteiger partial charge on any atom is 0.242 e. The molecule has 2 aromatic rings. The molecule has 0 aliphatic carbocycles. The third kappa shape index (κ3) is 4.41. The Kier molecular flexibility index (Phi) is 4.22. The predicted octanol–water partition coefficient (Wildman–Crippen LogP) is 4.11. The van der Waals surface area contributed by atoms with Gasteiger partial charge in [-0.05, 0) is 31.8 Å². The third-order valence-electron chi connectivity index (χ3n) is 2.43. The average molecular weight is 273 g/mol. The summed E-state index contributed by atoms with van der Waals surface area (Å²) in [6.07, 6.45) is 5.13. The highest BCUT2D eigenvalue weighted by atomic mass is 28.4. The molecule has 0 saturated heterocycles. The molecule has 0 unspecified atom stereocenters. The van der Waals surface area contributed by atoms with Gasteiger partial charge in [-0.2, -0.15) is 0 Å². The number of rotatable bonds is 5. The summed E-state index contributed by atoms with van der Waals surface area (Å²) in [5, 5.41) is 0. The molecule has 2 rings (SSSR count). The molecular weight excluding hydrogens is 254 g/mol. The number of benzene rings is 1. The van der Waals surface area contributed by atoms with E-state index in [9.17, 15) is 0 Å². The SMILES string of the molecule is C[Si](C)(C)Oc1ccccc1CN=Cc1ccoc1. The summed E-state index contributed by atoms with van der Waals surface area (Å²) >= 11 is 0. The molecule has 0 radical (unpaired) electrons. The molecule has 4 heteroatoms. The van der Waals surface area contributed by atoms with Crippen LogP contribution in [0.3, 0.4) is 0 Å². The molecular formula is C15H19NO2Si. The van der Waals surface area contributed by atoms with Crippen molar-refractivity contribution in [2.75, 3.05) is 0 Å². The van der Waals surface area contributed by atoms with Gasteiger partial charge in [-0.3, -0.25) is 4.99 Å². The van der Waals surface area contributed by atoms with Crippen LogP contribution in [0.4, 0.5) is 0 Å². The summed E-state index contributed by atoms with van der Waals surface area (Å²) in [5.41, 5.74) is 2.09. The number of furan rings is 1. The van der Waals surface area contributed by atoms with Crippen molar-refractivity contribution in [1.29, 1.82) is 0 Å². The number of aliphatic imine (C=N–C) groups is 1. The molecule has 1 heterocycles. The topological polar surface area (TPSA) is 34.7 Å². The van der Waals surface area contributed by atoms with Gasteiger partial charge in [-0.1, -0.05) is 18.2 Å². The van der Waals surface area contributed by atoms with Crippen LogP contribution in [0, 0.1) is 0 Å². The van der Waals surface area contributed by atoms with Crippen LogP contribution in [0.15, 0.2) is 52.3 Å². The van der Waals surface area contributed by atoms with Gasteiger partial charge >= 0.3 is 0 Å². The van der Waals surface area contributed by atoms with E-state index >= 15 is 0 Å². The van der Waals surface area contributed by atoms with Gasteiger partial charge < -0.3 is 8.84 Å². The normalized spacial score (nSPS) is 11.9. The molecule has 0 atom stereocenters. The van der Waals surface area contributed by atoms with Crippen molar-refractivity contribution >= 4 is 14.5 Å². The van der Waals surface area contributed by atoms with Crippen LogP contribution >= 0.6 is 0 Å². The number of para-hydroxylation sites is 1. The van der Waals surface area contributed by atoms with Gasteiger partial charge in [0.15, 0.2) is 0 Å². The summed E-state index contributed by atoms with van der Waals surface area (Å²) in [4.78, 5) is 4.43. The van der Waals surface area contributed by atoms with Crippen LogP contribution in [0.5, 0.6) is 5.75 Å². The third-order valence-corrected chi connectivity index (χ3v) is 3.27. The Morgan fingerprint density at radius 3 is 2.68 bits per heavy atom. The van der Waals surface area contributed by atoms with Crippen LogP contribution < -0.4 is 4.43 Å². The smallest absolute Gasteiger partial charge is 0.242 e. The van der Waals surface area contributed by atoms with Gasteiger partial charge in [0.1, 0.15) is 5.75 Å². The first-order valence-corrected chi connectivity index (χ1v) is 9.74. The van der Waals surface area contributed by atoms with E-state index in [1.165, 1.54) is 0 Å². The van der Waals surface area contributed by atoms with E-state index in [0.717, 1.165) is 16.9 Å². The van der Waals surface area contributed by atoms with E-state index < -0.39 is 8.32 Å². The fourth-order valence-electron chi connectivity index (χ4n) is 1.66. The maximum atomic E-state index is 6.07. The molecule has 0 fully saturated rings. The highest BCUT2D eigenvalue weighted by Gasteiger charge is 2.17. The monoisotopic (exact) mass is 273 g/mol. The molecule has 0 aliphatic rings. The first kappa shape index (κ1) is 13.6. The Morgan fingerprint density at radius 2 is 2.00 bits per heavy atom. The van der Waals surface area contributed by atoms with Crippen molar-refractivity contribution in [2.24, 2.45) is 4.99 Å². The zero-order valence-electron chi connectivity index (χ0n) is 11.6. The van der Waals surface area contributed by atoms with Crippen molar-refractivity contribution < 1.29 is 8.84 Å². The second-order valence-electron chi connectivity index (χ2n) is 5.35. The molecule has 0 amide bonds.